The summed E-state index contributed by atoms with van der Waals surface area (Å²) in [7, 11) is 1.69. The average molecular weight is 481 g/mol. The lowest BCUT2D eigenvalue weighted by Crippen LogP contribution is -2.27. The summed E-state index contributed by atoms with van der Waals surface area (Å²) in [5.41, 5.74) is 8.14. The third-order valence-corrected chi connectivity index (χ3v) is 5.56. The van der Waals surface area contributed by atoms with Gasteiger partial charge in [-0.2, -0.15) is 13.2 Å². The van der Waals surface area contributed by atoms with E-state index in [1.54, 1.807) is 38.2 Å². The second-order valence-electron chi connectivity index (χ2n) is 7.90. The number of alkyl halides is 3. The molecule has 0 bridgehead atoms. The molecular formula is C24H22F3N7O. The van der Waals surface area contributed by atoms with Crippen LogP contribution in [0.3, 0.4) is 0 Å². The fraction of sp³-hybridized carbons (Fsp3) is 0.208. The molecule has 0 radical (unpaired) electrons. The quantitative estimate of drug-likeness (QED) is 0.432. The molecule has 0 fully saturated rings. The maximum atomic E-state index is 13.2. The molecule has 0 aliphatic rings. The molecule has 3 N–H and O–H groups in total. The van der Waals surface area contributed by atoms with Crippen LogP contribution in [0, 0.1) is 0 Å². The highest BCUT2D eigenvalue weighted by Crippen LogP contribution is 2.34. The number of amides is 1. The van der Waals surface area contributed by atoms with Gasteiger partial charge in [0.05, 0.1) is 17.8 Å². The molecule has 0 saturated heterocycles. The molecular weight excluding hydrogens is 459 g/mol. The summed E-state index contributed by atoms with van der Waals surface area (Å²) in [6.45, 7) is 1.91. The number of nitrogens with one attached hydrogen (secondary N) is 1. The number of hydrogen-bond donors (Lipinski definition) is 2. The number of carbonyl (C=O) groups is 1. The van der Waals surface area contributed by atoms with Crippen LogP contribution >= 0.6 is 0 Å². The van der Waals surface area contributed by atoms with Crippen LogP contribution in [0.15, 0.2) is 60.9 Å². The minimum Gasteiger partial charge on any atom is -0.344 e. The molecule has 1 atom stereocenters. The normalized spacial score (nSPS) is 12.4. The second-order valence-corrected chi connectivity index (χ2v) is 7.90. The fourth-order valence-electron chi connectivity index (χ4n) is 3.61. The Balaban J connectivity index is 1.52. The number of carbonyl (C=O) groups excluding carboxylic acids is 1. The van der Waals surface area contributed by atoms with Crippen LogP contribution in [0.2, 0.25) is 0 Å². The maximum absolute atomic E-state index is 13.2. The molecule has 0 unspecified atom stereocenters. The third-order valence-electron chi connectivity index (χ3n) is 5.56. The van der Waals surface area contributed by atoms with Gasteiger partial charge in [-0.15, -0.1) is 5.10 Å². The Morgan fingerprint density at radius 1 is 1.14 bits per heavy atom. The van der Waals surface area contributed by atoms with Gasteiger partial charge in [-0.25, -0.2) is 14.6 Å². The molecule has 2 aromatic heterocycles. The van der Waals surface area contributed by atoms with Gasteiger partial charge in [0.2, 0.25) is 0 Å². The van der Waals surface area contributed by atoms with Crippen molar-refractivity contribution in [2.24, 2.45) is 12.8 Å². The van der Waals surface area contributed by atoms with Crippen molar-refractivity contribution in [2.75, 3.05) is 0 Å². The second kappa shape index (κ2) is 9.63. The van der Waals surface area contributed by atoms with Crippen molar-refractivity contribution in [3.8, 4) is 22.6 Å². The molecule has 0 aliphatic heterocycles. The molecule has 2 heterocycles. The highest BCUT2D eigenvalue weighted by Gasteiger charge is 2.31. The molecule has 2 aromatic carbocycles. The molecule has 1 amide bonds. The standard InChI is InChI=1S/C24H22F3N7O/c1-14(31-23(35)20-9-10-29-22(32-20)21-13-30-33-34(21)2)15-3-5-16(6-4-15)19-11-18(24(25,26)27)8-7-17(19)12-28/h3-11,13-14H,12,28H2,1-2H3,(H,31,35)/t14-/m1/s1. The van der Waals surface area contributed by atoms with E-state index in [1.165, 1.54) is 29.2 Å². The predicted molar refractivity (Wildman–Crippen MR) is 123 cm³/mol. The molecule has 0 saturated carbocycles. The van der Waals surface area contributed by atoms with Crippen LogP contribution in [0.1, 0.15) is 40.1 Å². The summed E-state index contributed by atoms with van der Waals surface area (Å²) in [4.78, 5) is 21.2. The first-order valence-electron chi connectivity index (χ1n) is 10.7. The minimum absolute atomic E-state index is 0.109. The van der Waals surface area contributed by atoms with Crippen LogP contribution in [0.4, 0.5) is 13.2 Å². The van der Waals surface area contributed by atoms with Crippen molar-refractivity contribution in [1.29, 1.82) is 0 Å². The van der Waals surface area contributed by atoms with Gasteiger partial charge in [-0.1, -0.05) is 35.5 Å². The lowest BCUT2D eigenvalue weighted by molar-refractivity contribution is -0.137. The highest BCUT2D eigenvalue weighted by molar-refractivity contribution is 5.92. The van der Waals surface area contributed by atoms with Gasteiger partial charge in [0.15, 0.2) is 5.82 Å². The lowest BCUT2D eigenvalue weighted by atomic mass is 9.95. The van der Waals surface area contributed by atoms with Crippen LogP contribution in [-0.4, -0.2) is 30.9 Å². The molecule has 0 spiro atoms. The van der Waals surface area contributed by atoms with E-state index in [9.17, 15) is 18.0 Å². The van der Waals surface area contributed by atoms with Gasteiger partial charge in [0, 0.05) is 19.8 Å². The van der Waals surface area contributed by atoms with Gasteiger partial charge < -0.3 is 11.1 Å². The maximum Gasteiger partial charge on any atom is 0.416 e. The van der Waals surface area contributed by atoms with Crippen molar-refractivity contribution in [2.45, 2.75) is 25.7 Å². The Labute approximate surface area is 199 Å². The lowest BCUT2D eigenvalue weighted by Gasteiger charge is -2.16. The molecule has 4 aromatic rings. The van der Waals surface area contributed by atoms with Crippen molar-refractivity contribution in [1.82, 2.24) is 30.3 Å². The zero-order chi connectivity index (χ0) is 25.2. The van der Waals surface area contributed by atoms with E-state index in [0.717, 1.165) is 17.7 Å². The Hall–Kier alpha value is -4.12. The third kappa shape index (κ3) is 5.19. The van der Waals surface area contributed by atoms with Crippen molar-refractivity contribution in [3.05, 3.63) is 83.3 Å². The van der Waals surface area contributed by atoms with E-state index >= 15 is 0 Å². The van der Waals surface area contributed by atoms with E-state index in [2.05, 4.69) is 25.6 Å². The average Bonchev–Trinajstić information content (AvgIpc) is 3.29. The highest BCUT2D eigenvalue weighted by atomic mass is 19.4. The van der Waals surface area contributed by atoms with Crippen LogP contribution < -0.4 is 11.1 Å². The van der Waals surface area contributed by atoms with Gasteiger partial charge >= 0.3 is 6.18 Å². The molecule has 4 rings (SSSR count). The predicted octanol–water partition coefficient (Wildman–Crippen LogP) is 3.91. The van der Waals surface area contributed by atoms with Crippen LogP contribution in [-0.2, 0) is 19.8 Å². The number of nitrogens with zero attached hydrogens (tertiary/aromatic N) is 5. The smallest absolute Gasteiger partial charge is 0.344 e. The molecule has 11 heteroatoms. The Morgan fingerprint density at radius 2 is 1.89 bits per heavy atom. The van der Waals surface area contributed by atoms with Crippen LogP contribution in [0.5, 0.6) is 0 Å². The summed E-state index contributed by atoms with van der Waals surface area (Å²) in [6, 6.07) is 11.6. The summed E-state index contributed by atoms with van der Waals surface area (Å²) in [5.74, 6) is -0.0809. The molecule has 35 heavy (non-hydrogen) atoms. The molecule has 8 nitrogen and oxygen atoms in total. The first kappa shape index (κ1) is 24.0. The molecule has 0 aliphatic carbocycles. The summed E-state index contributed by atoms with van der Waals surface area (Å²) in [5, 5.41) is 10.5. The zero-order valence-electron chi connectivity index (χ0n) is 18.9. The first-order chi connectivity index (χ1) is 16.7. The SMILES string of the molecule is C[C@@H](NC(=O)c1ccnc(-c2cnnn2C)n1)c1ccc(-c2cc(C(F)(F)F)ccc2CN)cc1. The number of aryl methyl sites for hydroxylation is 1. The van der Waals surface area contributed by atoms with E-state index < -0.39 is 17.6 Å². The van der Waals surface area contributed by atoms with Crippen molar-refractivity contribution < 1.29 is 18.0 Å². The zero-order valence-corrected chi connectivity index (χ0v) is 18.9. The summed E-state index contributed by atoms with van der Waals surface area (Å²) in [6.07, 6.45) is -1.47. The van der Waals surface area contributed by atoms with E-state index in [0.29, 0.717) is 28.2 Å². The Kier molecular flexibility index (Phi) is 6.61. The topological polar surface area (TPSA) is 112 Å². The van der Waals surface area contributed by atoms with Gasteiger partial charge in [0.1, 0.15) is 11.4 Å². The number of aromatic nitrogens is 5. The number of rotatable bonds is 6. The monoisotopic (exact) mass is 481 g/mol. The number of halogens is 3. The van der Waals surface area contributed by atoms with Crippen molar-refractivity contribution >= 4 is 5.91 Å². The number of benzene rings is 2. The van der Waals surface area contributed by atoms with Crippen molar-refractivity contribution in [3.63, 3.8) is 0 Å². The summed E-state index contributed by atoms with van der Waals surface area (Å²) < 4.78 is 41.1. The fourth-order valence-corrected chi connectivity index (χ4v) is 3.61. The molecule has 180 valence electrons. The first-order valence-corrected chi connectivity index (χ1v) is 10.7. The summed E-state index contributed by atoms with van der Waals surface area (Å²) >= 11 is 0. The van der Waals surface area contributed by atoms with E-state index in [1.807, 2.05) is 0 Å². The Morgan fingerprint density at radius 3 is 2.51 bits per heavy atom. The van der Waals surface area contributed by atoms with Gasteiger partial charge in [0.25, 0.3) is 5.91 Å². The van der Waals surface area contributed by atoms with E-state index in [-0.39, 0.29) is 18.3 Å². The van der Waals surface area contributed by atoms with E-state index in [4.69, 9.17) is 5.73 Å². The number of nitrogens with two attached hydrogens (primary N) is 1. The van der Waals surface area contributed by atoms with Gasteiger partial charge in [-0.05, 0) is 47.4 Å². The van der Waals surface area contributed by atoms with Gasteiger partial charge in [-0.3, -0.25) is 4.79 Å². The largest absolute Gasteiger partial charge is 0.416 e. The minimum atomic E-state index is -4.45. The number of hydrogen-bond acceptors (Lipinski definition) is 6. The Bertz CT molecular complexity index is 1350. The van der Waals surface area contributed by atoms with Crippen LogP contribution in [0.25, 0.3) is 22.6 Å².